The molecule has 0 aromatic heterocycles. The molecule has 0 saturated heterocycles. The maximum absolute atomic E-state index is 11.3. The number of amides is 2. The van der Waals surface area contributed by atoms with Crippen LogP contribution in [0.4, 0.5) is 4.79 Å². The summed E-state index contributed by atoms with van der Waals surface area (Å²) < 4.78 is 5.43. The number of carboxylic acids is 1. The normalized spacial score (nSPS) is 11.6. The highest BCUT2D eigenvalue weighted by molar-refractivity contribution is 9.11. The van der Waals surface area contributed by atoms with Crippen LogP contribution in [0.2, 0.25) is 0 Å². The van der Waals surface area contributed by atoms with E-state index in [1.165, 1.54) is 7.11 Å². The molecule has 3 N–H and O–H groups in total. The number of carboxylic acid groups (broad SMARTS) is 1. The molecular formula is C10H17BrN2O4. The van der Waals surface area contributed by atoms with Crippen molar-refractivity contribution < 1.29 is 19.4 Å². The second-order valence-electron chi connectivity index (χ2n) is 3.37. The van der Waals surface area contributed by atoms with Crippen LogP contribution in [0, 0.1) is 0 Å². The highest BCUT2D eigenvalue weighted by Crippen LogP contribution is 1.99. The highest BCUT2D eigenvalue weighted by Gasteiger charge is 2.18. The lowest BCUT2D eigenvalue weighted by Crippen LogP contribution is -2.46. The summed E-state index contributed by atoms with van der Waals surface area (Å²) in [5.41, 5.74) is 0. The quantitative estimate of drug-likeness (QED) is 0.585. The van der Waals surface area contributed by atoms with Crippen molar-refractivity contribution in [3.05, 3.63) is 11.1 Å². The monoisotopic (exact) mass is 308 g/mol. The predicted molar refractivity (Wildman–Crippen MR) is 67.1 cm³/mol. The maximum atomic E-state index is 11.3. The largest absolute Gasteiger partial charge is 0.480 e. The zero-order valence-corrected chi connectivity index (χ0v) is 11.2. The van der Waals surface area contributed by atoms with Crippen LogP contribution in [0.15, 0.2) is 11.1 Å². The summed E-state index contributed by atoms with van der Waals surface area (Å²) in [6, 6.07) is -1.44. The lowest BCUT2D eigenvalue weighted by molar-refractivity contribution is -0.139. The number of nitrogens with one attached hydrogen (secondary N) is 2. The number of carbonyl (C=O) groups excluding carboxylic acids is 1. The standard InChI is InChI=1S/C10H17BrN2O4/c1-7(11)6-12-10(16)13-8(9(14)15)4-3-5-17-2/h8H,1,3-6H2,2H3,(H,14,15)(H2,12,13,16). The Labute approximate surface area is 109 Å². The van der Waals surface area contributed by atoms with Crippen molar-refractivity contribution in [2.24, 2.45) is 0 Å². The molecule has 0 rings (SSSR count). The summed E-state index contributed by atoms with van der Waals surface area (Å²) in [5, 5.41) is 13.7. The molecule has 7 heteroatoms. The van der Waals surface area contributed by atoms with Crippen LogP contribution in [0.1, 0.15) is 12.8 Å². The number of hydrogen-bond acceptors (Lipinski definition) is 3. The topological polar surface area (TPSA) is 87.7 Å². The first-order chi connectivity index (χ1) is 7.97. The Morgan fingerprint density at radius 1 is 1.53 bits per heavy atom. The van der Waals surface area contributed by atoms with E-state index in [1.54, 1.807) is 0 Å². The van der Waals surface area contributed by atoms with E-state index in [-0.39, 0.29) is 6.54 Å². The molecule has 0 aliphatic heterocycles. The van der Waals surface area contributed by atoms with Crippen molar-refractivity contribution in [2.45, 2.75) is 18.9 Å². The molecule has 0 fully saturated rings. The maximum Gasteiger partial charge on any atom is 0.326 e. The van der Waals surface area contributed by atoms with Crippen LogP contribution in [-0.2, 0) is 9.53 Å². The van der Waals surface area contributed by atoms with Gasteiger partial charge in [0, 0.05) is 18.2 Å². The van der Waals surface area contributed by atoms with E-state index in [1.807, 2.05) is 0 Å². The zero-order valence-electron chi connectivity index (χ0n) is 9.66. The molecule has 6 nitrogen and oxygen atoms in total. The van der Waals surface area contributed by atoms with Crippen molar-refractivity contribution in [2.75, 3.05) is 20.3 Å². The van der Waals surface area contributed by atoms with Crippen LogP contribution < -0.4 is 10.6 Å². The van der Waals surface area contributed by atoms with Crippen molar-refractivity contribution in [3.63, 3.8) is 0 Å². The Hall–Kier alpha value is -1.08. The van der Waals surface area contributed by atoms with E-state index in [9.17, 15) is 9.59 Å². The molecule has 98 valence electrons. The molecule has 0 aliphatic rings. The Kier molecular flexibility index (Phi) is 8.43. The fourth-order valence-electron chi connectivity index (χ4n) is 1.07. The van der Waals surface area contributed by atoms with E-state index in [0.717, 1.165) is 0 Å². The average molecular weight is 309 g/mol. The minimum Gasteiger partial charge on any atom is -0.480 e. The molecule has 0 aliphatic carbocycles. The van der Waals surface area contributed by atoms with Gasteiger partial charge in [0.1, 0.15) is 6.04 Å². The van der Waals surface area contributed by atoms with Gasteiger partial charge in [-0.25, -0.2) is 9.59 Å². The van der Waals surface area contributed by atoms with Gasteiger partial charge in [0.05, 0.1) is 6.54 Å². The predicted octanol–water partition coefficient (Wildman–Crippen LogP) is 1.07. The third-order valence-electron chi connectivity index (χ3n) is 1.89. The Balaban J connectivity index is 4.02. The molecule has 0 radical (unpaired) electrons. The molecule has 17 heavy (non-hydrogen) atoms. The van der Waals surface area contributed by atoms with Crippen molar-refractivity contribution >= 4 is 27.9 Å². The van der Waals surface area contributed by atoms with Gasteiger partial charge in [0.25, 0.3) is 0 Å². The highest BCUT2D eigenvalue weighted by atomic mass is 79.9. The van der Waals surface area contributed by atoms with Crippen LogP contribution in [0.3, 0.4) is 0 Å². The number of halogens is 1. The number of carbonyl (C=O) groups is 2. The Bertz CT molecular complexity index is 283. The van der Waals surface area contributed by atoms with Crippen molar-refractivity contribution in [1.82, 2.24) is 10.6 Å². The van der Waals surface area contributed by atoms with E-state index in [4.69, 9.17) is 9.84 Å². The van der Waals surface area contributed by atoms with Crippen LogP contribution in [0.5, 0.6) is 0 Å². The van der Waals surface area contributed by atoms with Gasteiger partial charge in [-0.2, -0.15) is 0 Å². The zero-order chi connectivity index (χ0) is 13.3. The molecule has 0 saturated carbocycles. The van der Waals surface area contributed by atoms with Gasteiger partial charge in [0.2, 0.25) is 0 Å². The molecule has 1 unspecified atom stereocenters. The SMILES string of the molecule is C=C(Br)CNC(=O)NC(CCCOC)C(=O)O. The van der Waals surface area contributed by atoms with Crippen molar-refractivity contribution in [1.29, 1.82) is 0 Å². The first kappa shape index (κ1) is 15.9. The van der Waals surface area contributed by atoms with Crippen LogP contribution in [0.25, 0.3) is 0 Å². The van der Waals surface area contributed by atoms with Gasteiger partial charge in [-0.15, -0.1) is 0 Å². The average Bonchev–Trinajstić information content (AvgIpc) is 2.25. The molecule has 0 bridgehead atoms. The molecule has 0 spiro atoms. The molecule has 0 aromatic rings. The molecule has 1 atom stereocenters. The summed E-state index contributed by atoms with van der Waals surface area (Å²) in [5.74, 6) is -1.06. The second kappa shape index (κ2) is 9.00. The summed E-state index contributed by atoms with van der Waals surface area (Å²) in [6.45, 7) is 4.25. The lowest BCUT2D eigenvalue weighted by Gasteiger charge is -2.14. The lowest BCUT2D eigenvalue weighted by atomic mass is 10.1. The number of urea groups is 1. The summed E-state index contributed by atoms with van der Waals surface area (Å²) >= 11 is 3.08. The number of methoxy groups -OCH3 is 1. The summed E-state index contributed by atoms with van der Waals surface area (Å²) in [6.07, 6.45) is 0.894. The van der Waals surface area contributed by atoms with Crippen molar-refractivity contribution in [3.8, 4) is 0 Å². The summed E-state index contributed by atoms with van der Waals surface area (Å²) in [4.78, 5) is 22.2. The number of hydrogen-bond donors (Lipinski definition) is 3. The smallest absolute Gasteiger partial charge is 0.326 e. The number of aliphatic carboxylic acids is 1. The van der Waals surface area contributed by atoms with Gasteiger partial charge in [-0.05, 0) is 12.8 Å². The van der Waals surface area contributed by atoms with Gasteiger partial charge in [-0.1, -0.05) is 22.5 Å². The van der Waals surface area contributed by atoms with Crippen LogP contribution in [-0.4, -0.2) is 43.4 Å². The molecule has 0 aromatic carbocycles. The fourth-order valence-corrected chi connectivity index (χ4v) is 1.21. The fraction of sp³-hybridized carbons (Fsp3) is 0.600. The van der Waals surface area contributed by atoms with Gasteiger partial charge in [-0.3, -0.25) is 0 Å². The van der Waals surface area contributed by atoms with E-state index in [0.29, 0.717) is 23.9 Å². The van der Waals surface area contributed by atoms with E-state index < -0.39 is 18.0 Å². The number of ether oxygens (including phenoxy) is 1. The van der Waals surface area contributed by atoms with E-state index >= 15 is 0 Å². The minimum atomic E-state index is -1.06. The van der Waals surface area contributed by atoms with Crippen LogP contribution >= 0.6 is 15.9 Å². The third kappa shape index (κ3) is 8.70. The molecule has 2 amide bonds. The third-order valence-corrected chi connectivity index (χ3v) is 2.17. The van der Waals surface area contributed by atoms with Gasteiger partial charge >= 0.3 is 12.0 Å². The Morgan fingerprint density at radius 2 is 2.18 bits per heavy atom. The van der Waals surface area contributed by atoms with Gasteiger partial charge in [0.15, 0.2) is 0 Å². The van der Waals surface area contributed by atoms with E-state index in [2.05, 4.69) is 33.1 Å². The second-order valence-corrected chi connectivity index (χ2v) is 4.49. The first-order valence-electron chi connectivity index (χ1n) is 5.06. The van der Waals surface area contributed by atoms with Gasteiger partial charge < -0.3 is 20.5 Å². The molecule has 0 heterocycles. The Morgan fingerprint density at radius 3 is 2.65 bits per heavy atom. The minimum absolute atomic E-state index is 0.246. The molecular weight excluding hydrogens is 292 g/mol. The first-order valence-corrected chi connectivity index (χ1v) is 5.86. The summed E-state index contributed by atoms with van der Waals surface area (Å²) in [7, 11) is 1.54. The number of rotatable bonds is 8.